The van der Waals surface area contributed by atoms with E-state index >= 15 is 0 Å². The Balaban J connectivity index is 2.00. The Kier molecular flexibility index (Phi) is 5.76. The predicted molar refractivity (Wildman–Crippen MR) is 95.8 cm³/mol. The van der Waals surface area contributed by atoms with Gasteiger partial charge in [0.25, 0.3) is 5.91 Å². The summed E-state index contributed by atoms with van der Waals surface area (Å²) < 4.78 is 5.90. The van der Waals surface area contributed by atoms with E-state index in [9.17, 15) is 4.79 Å². The van der Waals surface area contributed by atoms with Crippen LogP contribution < -0.4 is 15.4 Å². The lowest BCUT2D eigenvalue weighted by molar-refractivity contribution is 0.0977. The summed E-state index contributed by atoms with van der Waals surface area (Å²) in [6.45, 7) is 0. The number of carbonyl (C=O) groups is 1. The summed E-state index contributed by atoms with van der Waals surface area (Å²) in [5, 5.41) is 6.14. The lowest BCUT2D eigenvalue weighted by Crippen LogP contribution is -2.34. The van der Waals surface area contributed by atoms with Crippen molar-refractivity contribution in [2.45, 2.75) is 0 Å². The van der Waals surface area contributed by atoms with Crippen LogP contribution in [0.1, 0.15) is 10.4 Å². The maximum Gasteiger partial charge on any atom is 0.257 e. The topological polar surface area (TPSA) is 50.4 Å². The lowest BCUT2D eigenvalue weighted by Gasteiger charge is -2.11. The number of benzene rings is 2. The van der Waals surface area contributed by atoms with Crippen LogP contribution in [-0.2, 0) is 0 Å². The summed E-state index contributed by atoms with van der Waals surface area (Å²) in [4.78, 5) is 12.1. The molecule has 0 aliphatic carbocycles. The van der Waals surface area contributed by atoms with Gasteiger partial charge in [0.05, 0.1) is 17.8 Å². The zero-order chi connectivity index (χ0) is 16.1. The number of halogens is 2. The molecule has 0 aliphatic heterocycles. The summed E-state index contributed by atoms with van der Waals surface area (Å²) in [6.07, 6.45) is 0. The van der Waals surface area contributed by atoms with Crippen LogP contribution >= 0.6 is 39.7 Å². The standard InChI is InChI=1S/C15H12BrClN2O2S/c1-21-11-5-2-9(3-6-11)14(20)19-15(22)18-13-7-4-10(16)8-12(13)17/h2-8H,1H3,(H2,18,19,20,22). The first kappa shape index (κ1) is 16.7. The molecule has 0 heterocycles. The van der Waals surface area contributed by atoms with E-state index in [1.54, 1.807) is 43.5 Å². The van der Waals surface area contributed by atoms with Crippen LogP contribution in [0.3, 0.4) is 0 Å². The second-order valence-corrected chi connectivity index (χ2v) is 5.99. The van der Waals surface area contributed by atoms with Crippen molar-refractivity contribution >= 4 is 56.5 Å². The number of hydrogen-bond donors (Lipinski definition) is 2. The Morgan fingerprint density at radius 2 is 1.91 bits per heavy atom. The van der Waals surface area contributed by atoms with Crippen molar-refractivity contribution in [3.8, 4) is 5.75 Å². The van der Waals surface area contributed by atoms with Crippen LogP contribution in [0.5, 0.6) is 5.75 Å². The van der Waals surface area contributed by atoms with Crippen LogP contribution in [0.4, 0.5) is 5.69 Å². The molecule has 2 aromatic carbocycles. The third-order valence-corrected chi connectivity index (χ3v) is 3.77. The lowest BCUT2D eigenvalue weighted by atomic mass is 10.2. The highest BCUT2D eigenvalue weighted by molar-refractivity contribution is 9.10. The van der Waals surface area contributed by atoms with Gasteiger partial charge in [-0.1, -0.05) is 27.5 Å². The molecule has 0 aromatic heterocycles. The number of thiocarbonyl (C=S) groups is 1. The summed E-state index contributed by atoms with van der Waals surface area (Å²) in [5.41, 5.74) is 1.09. The Morgan fingerprint density at radius 3 is 2.50 bits per heavy atom. The Morgan fingerprint density at radius 1 is 1.23 bits per heavy atom. The first-order valence-corrected chi connectivity index (χ1v) is 7.79. The second-order valence-electron chi connectivity index (χ2n) is 4.26. The Bertz CT molecular complexity index is 707. The van der Waals surface area contributed by atoms with Gasteiger partial charge in [-0.05, 0) is 54.7 Å². The molecule has 2 aromatic rings. The number of nitrogens with one attached hydrogen (secondary N) is 2. The van der Waals surface area contributed by atoms with E-state index in [1.165, 1.54) is 0 Å². The monoisotopic (exact) mass is 398 g/mol. The molecule has 0 bridgehead atoms. The first-order chi connectivity index (χ1) is 10.5. The zero-order valence-corrected chi connectivity index (χ0v) is 14.7. The van der Waals surface area contributed by atoms with E-state index in [1.807, 2.05) is 6.07 Å². The van der Waals surface area contributed by atoms with Gasteiger partial charge in [-0.15, -0.1) is 0 Å². The van der Waals surface area contributed by atoms with E-state index in [0.717, 1.165) is 4.47 Å². The molecule has 0 radical (unpaired) electrons. The minimum absolute atomic E-state index is 0.171. The molecule has 0 saturated carbocycles. The van der Waals surface area contributed by atoms with Gasteiger partial charge in [0.2, 0.25) is 0 Å². The minimum Gasteiger partial charge on any atom is -0.497 e. The van der Waals surface area contributed by atoms with E-state index in [-0.39, 0.29) is 11.0 Å². The largest absolute Gasteiger partial charge is 0.497 e. The highest BCUT2D eigenvalue weighted by Crippen LogP contribution is 2.25. The first-order valence-electron chi connectivity index (χ1n) is 6.21. The maximum atomic E-state index is 12.1. The van der Waals surface area contributed by atoms with Gasteiger partial charge in [0.1, 0.15) is 5.75 Å². The zero-order valence-electron chi connectivity index (χ0n) is 11.5. The smallest absolute Gasteiger partial charge is 0.257 e. The van der Waals surface area contributed by atoms with Crippen molar-refractivity contribution in [2.75, 3.05) is 12.4 Å². The summed E-state index contributed by atoms with van der Waals surface area (Å²) >= 11 is 14.5. The maximum absolute atomic E-state index is 12.1. The van der Waals surface area contributed by atoms with Gasteiger partial charge in [-0.3, -0.25) is 10.1 Å². The van der Waals surface area contributed by atoms with Gasteiger partial charge in [0.15, 0.2) is 5.11 Å². The van der Waals surface area contributed by atoms with Gasteiger partial charge in [0, 0.05) is 10.0 Å². The van der Waals surface area contributed by atoms with Gasteiger partial charge in [-0.25, -0.2) is 0 Å². The average Bonchev–Trinajstić information content (AvgIpc) is 2.50. The van der Waals surface area contributed by atoms with E-state index in [0.29, 0.717) is 22.0 Å². The molecular formula is C15H12BrClN2O2S. The number of methoxy groups -OCH3 is 1. The third-order valence-electron chi connectivity index (χ3n) is 2.76. The predicted octanol–water partition coefficient (Wildman–Crippen LogP) is 4.24. The Labute approximate surface area is 146 Å². The molecule has 7 heteroatoms. The highest BCUT2D eigenvalue weighted by Gasteiger charge is 2.09. The van der Waals surface area contributed by atoms with Crippen molar-refractivity contribution in [1.82, 2.24) is 5.32 Å². The fourth-order valence-corrected chi connectivity index (χ4v) is 2.59. The molecule has 0 fully saturated rings. The molecule has 0 atom stereocenters. The van der Waals surface area contributed by atoms with Crippen molar-refractivity contribution in [3.05, 3.63) is 57.5 Å². The molecule has 0 aliphatic rings. The van der Waals surface area contributed by atoms with Crippen molar-refractivity contribution < 1.29 is 9.53 Å². The van der Waals surface area contributed by atoms with Crippen LogP contribution in [0.2, 0.25) is 5.02 Å². The van der Waals surface area contributed by atoms with E-state index < -0.39 is 0 Å². The van der Waals surface area contributed by atoms with Crippen molar-refractivity contribution in [3.63, 3.8) is 0 Å². The fourth-order valence-electron chi connectivity index (χ4n) is 1.66. The van der Waals surface area contributed by atoms with Crippen molar-refractivity contribution in [2.24, 2.45) is 0 Å². The van der Waals surface area contributed by atoms with Crippen LogP contribution in [0.15, 0.2) is 46.9 Å². The molecule has 0 saturated heterocycles. The number of rotatable bonds is 3. The summed E-state index contributed by atoms with van der Waals surface area (Å²) in [7, 11) is 1.57. The molecule has 2 N–H and O–H groups in total. The molecule has 0 unspecified atom stereocenters. The molecule has 2 rings (SSSR count). The summed E-state index contributed by atoms with van der Waals surface area (Å²) in [5.74, 6) is 0.368. The third kappa shape index (κ3) is 4.43. The molecule has 4 nitrogen and oxygen atoms in total. The molecule has 1 amide bonds. The normalized spacial score (nSPS) is 9.95. The highest BCUT2D eigenvalue weighted by atomic mass is 79.9. The molecule has 0 spiro atoms. The van der Waals surface area contributed by atoms with Gasteiger partial charge < -0.3 is 10.1 Å². The number of hydrogen-bond acceptors (Lipinski definition) is 3. The van der Waals surface area contributed by atoms with E-state index in [2.05, 4.69) is 26.6 Å². The van der Waals surface area contributed by atoms with Crippen LogP contribution in [-0.4, -0.2) is 18.1 Å². The SMILES string of the molecule is COc1ccc(C(=O)NC(=S)Nc2ccc(Br)cc2Cl)cc1. The van der Waals surface area contributed by atoms with Crippen molar-refractivity contribution in [1.29, 1.82) is 0 Å². The Hall–Kier alpha value is -1.63. The molecule has 22 heavy (non-hydrogen) atoms. The van der Waals surface area contributed by atoms with Crippen LogP contribution in [0.25, 0.3) is 0 Å². The number of anilines is 1. The average molecular weight is 400 g/mol. The number of carbonyl (C=O) groups excluding carboxylic acids is 1. The molecule has 114 valence electrons. The summed E-state index contributed by atoms with van der Waals surface area (Å²) in [6, 6.07) is 12.0. The molecular weight excluding hydrogens is 388 g/mol. The number of ether oxygens (including phenoxy) is 1. The van der Waals surface area contributed by atoms with Gasteiger partial charge in [-0.2, -0.15) is 0 Å². The van der Waals surface area contributed by atoms with Crippen LogP contribution in [0, 0.1) is 0 Å². The quantitative estimate of drug-likeness (QED) is 0.758. The van der Waals surface area contributed by atoms with Gasteiger partial charge >= 0.3 is 0 Å². The second kappa shape index (κ2) is 7.58. The number of amides is 1. The minimum atomic E-state index is -0.312. The van der Waals surface area contributed by atoms with E-state index in [4.69, 9.17) is 28.6 Å². The fraction of sp³-hybridized carbons (Fsp3) is 0.0667.